The van der Waals surface area contributed by atoms with Gasteiger partial charge >= 0.3 is 0 Å². The molecule has 0 aliphatic heterocycles. The summed E-state index contributed by atoms with van der Waals surface area (Å²) in [6.45, 7) is 2.11. The summed E-state index contributed by atoms with van der Waals surface area (Å²) in [6, 6.07) is 7.15. The fourth-order valence-electron chi connectivity index (χ4n) is 2.81. The Bertz CT molecular complexity index is 461. The van der Waals surface area contributed by atoms with Crippen molar-refractivity contribution in [3.05, 3.63) is 29.3 Å². The first-order valence-corrected chi connectivity index (χ1v) is 8.53. The highest BCUT2D eigenvalue weighted by Crippen LogP contribution is 2.25. The molecule has 3 atom stereocenters. The molecule has 0 radical (unpaired) electrons. The van der Waals surface area contributed by atoms with E-state index in [-0.39, 0.29) is 0 Å². The van der Waals surface area contributed by atoms with E-state index in [0.717, 1.165) is 30.8 Å². The van der Waals surface area contributed by atoms with Crippen molar-refractivity contribution in [3.8, 4) is 5.75 Å². The highest BCUT2D eigenvalue weighted by molar-refractivity contribution is 7.84. The molecule has 0 saturated carbocycles. The van der Waals surface area contributed by atoms with Gasteiger partial charge < -0.3 is 10.1 Å². The topological polar surface area (TPSA) is 38.3 Å². The molecule has 0 saturated heterocycles. The lowest BCUT2D eigenvalue weighted by molar-refractivity contribution is 0.406. The lowest BCUT2D eigenvalue weighted by atomic mass is 9.88. The summed E-state index contributed by atoms with van der Waals surface area (Å²) in [6.07, 6.45) is 5.06. The summed E-state index contributed by atoms with van der Waals surface area (Å²) in [5.41, 5.74) is 2.82. The van der Waals surface area contributed by atoms with E-state index in [1.54, 1.807) is 13.4 Å². The van der Waals surface area contributed by atoms with Gasteiger partial charge in [-0.1, -0.05) is 6.07 Å². The Morgan fingerprint density at radius 3 is 2.95 bits per heavy atom. The summed E-state index contributed by atoms with van der Waals surface area (Å²) in [7, 11) is 0.975. The molecular formula is C15H23NO2S. The Labute approximate surface area is 118 Å². The number of nitrogens with one attached hydrogen (secondary N) is 1. The molecule has 0 amide bonds. The average Bonchev–Trinajstić information content (AvgIpc) is 2.36. The minimum atomic E-state index is -0.733. The van der Waals surface area contributed by atoms with Crippen LogP contribution in [-0.4, -0.2) is 35.4 Å². The fourth-order valence-corrected chi connectivity index (χ4v) is 3.61. The maximum Gasteiger partial charge on any atom is 0.119 e. The van der Waals surface area contributed by atoms with Crippen molar-refractivity contribution < 1.29 is 8.95 Å². The van der Waals surface area contributed by atoms with Gasteiger partial charge in [-0.05, 0) is 49.4 Å². The molecule has 0 fully saturated rings. The molecule has 1 aliphatic carbocycles. The molecule has 0 bridgehead atoms. The van der Waals surface area contributed by atoms with Crippen LogP contribution >= 0.6 is 0 Å². The molecule has 106 valence electrons. The van der Waals surface area contributed by atoms with Gasteiger partial charge in [-0.3, -0.25) is 4.21 Å². The van der Waals surface area contributed by atoms with Crippen LogP contribution in [0.25, 0.3) is 0 Å². The third kappa shape index (κ3) is 4.05. The van der Waals surface area contributed by atoms with Crippen molar-refractivity contribution >= 4 is 10.8 Å². The van der Waals surface area contributed by atoms with Gasteiger partial charge in [-0.2, -0.15) is 0 Å². The predicted octanol–water partition coefficient (Wildman–Crippen LogP) is 1.91. The molecule has 3 unspecified atom stereocenters. The number of ether oxygens (including phenoxy) is 1. The van der Waals surface area contributed by atoms with E-state index in [9.17, 15) is 4.21 Å². The zero-order valence-electron chi connectivity index (χ0n) is 11.9. The van der Waals surface area contributed by atoms with Crippen molar-refractivity contribution in [2.45, 2.75) is 38.3 Å². The normalized spacial score (nSPS) is 21.5. The van der Waals surface area contributed by atoms with Crippen molar-refractivity contribution in [3.63, 3.8) is 0 Å². The van der Waals surface area contributed by atoms with Crippen LogP contribution in [-0.2, 0) is 23.6 Å². The van der Waals surface area contributed by atoms with E-state index in [1.165, 1.54) is 11.1 Å². The van der Waals surface area contributed by atoms with Gasteiger partial charge in [0.05, 0.1) is 7.11 Å². The van der Waals surface area contributed by atoms with Gasteiger partial charge in [0.25, 0.3) is 0 Å². The van der Waals surface area contributed by atoms with Crippen LogP contribution in [0.1, 0.15) is 24.5 Å². The molecule has 0 aromatic heterocycles. The number of rotatable bonds is 5. The second-order valence-corrected chi connectivity index (χ2v) is 6.86. The molecule has 1 aliphatic rings. The smallest absolute Gasteiger partial charge is 0.119 e. The Hall–Kier alpha value is -0.870. The Balaban J connectivity index is 1.98. The fraction of sp³-hybridized carbons (Fsp3) is 0.600. The highest BCUT2D eigenvalue weighted by Gasteiger charge is 2.20. The Morgan fingerprint density at radius 1 is 1.47 bits per heavy atom. The minimum absolute atomic E-state index is 0.308. The molecule has 0 spiro atoms. The van der Waals surface area contributed by atoms with Crippen molar-refractivity contribution in [2.24, 2.45) is 0 Å². The van der Waals surface area contributed by atoms with E-state index in [0.29, 0.717) is 12.1 Å². The van der Waals surface area contributed by atoms with Crippen LogP contribution in [0.3, 0.4) is 0 Å². The molecule has 0 heterocycles. The first-order chi connectivity index (χ1) is 9.08. The number of benzene rings is 1. The molecule has 19 heavy (non-hydrogen) atoms. The van der Waals surface area contributed by atoms with Crippen LogP contribution < -0.4 is 10.1 Å². The summed E-state index contributed by atoms with van der Waals surface area (Å²) in [5.74, 6) is 1.66. The molecule has 4 heteroatoms. The van der Waals surface area contributed by atoms with Gasteiger partial charge in [0.1, 0.15) is 5.75 Å². The van der Waals surface area contributed by atoms with Gasteiger partial charge in [-0.25, -0.2) is 0 Å². The van der Waals surface area contributed by atoms with Crippen LogP contribution in [0, 0.1) is 0 Å². The van der Waals surface area contributed by atoms with Gasteiger partial charge in [0.2, 0.25) is 0 Å². The quantitative estimate of drug-likeness (QED) is 0.896. The van der Waals surface area contributed by atoms with Gasteiger partial charge in [0.15, 0.2) is 0 Å². The highest BCUT2D eigenvalue weighted by atomic mass is 32.2. The second kappa shape index (κ2) is 6.53. The Kier molecular flexibility index (Phi) is 4.99. The molecule has 2 rings (SSSR count). The summed E-state index contributed by atoms with van der Waals surface area (Å²) < 4.78 is 16.5. The van der Waals surface area contributed by atoms with Gasteiger partial charge in [-0.15, -0.1) is 0 Å². The van der Waals surface area contributed by atoms with Crippen LogP contribution in [0.5, 0.6) is 5.75 Å². The SMILES string of the molecule is COc1ccc2c(c1)CC(NC(C)CS(C)=O)CC2. The van der Waals surface area contributed by atoms with E-state index < -0.39 is 10.8 Å². The monoisotopic (exact) mass is 281 g/mol. The number of hydrogen-bond donors (Lipinski definition) is 1. The summed E-state index contributed by atoms with van der Waals surface area (Å²) in [5, 5.41) is 3.59. The molecule has 1 aromatic carbocycles. The lowest BCUT2D eigenvalue weighted by Gasteiger charge is -2.28. The number of methoxy groups -OCH3 is 1. The first kappa shape index (κ1) is 14.5. The van der Waals surface area contributed by atoms with E-state index in [4.69, 9.17) is 4.74 Å². The number of fused-ring (bicyclic) bond motifs is 1. The predicted molar refractivity (Wildman–Crippen MR) is 80.3 cm³/mol. The van der Waals surface area contributed by atoms with Crippen LogP contribution in [0.15, 0.2) is 18.2 Å². The Morgan fingerprint density at radius 2 is 2.26 bits per heavy atom. The van der Waals surface area contributed by atoms with E-state index in [1.807, 2.05) is 6.07 Å². The molecule has 1 aromatic rings. The first-order valence-electron chi connectivity index (χ1n) is 6.80. The molecule has 3 nitrogen and oxygen atoms in total. The minimum Gasteiger partial charge on any atom is -0.497 e. The summed E-state index contributed by atoms with van der Waals surface area (Å²) >= 11 is 0. The maximum absolute atomic E-state index is 11.2. The average molecular weight is 281 g/mol. The van der Waals surface area contributed by atoms with E-state index in [2.05, 4.69) is 24.4 Å². The maximum atomic E-state index is 11.2. The number of hydrogen-bond acceptors (Lipinski definition) is 3. The molecule has 1 N–H and O–H groups in total. The van der Waals surface area contributed by atoms with Crippen LogP contribution in [0.4, 0.5) is 0 Å². The third-order valence-corrected chi connectivity index (χ3v) is 4.62. The van der Waals surface area contributed by atoms with Crippen molar-refractivity contribution in [2.75, 3.05) is 19.1 Å². The van der Waals surface area contributed by atoms with Gasteiger partial charge in [0, 0.05) is 34.9 Å². The standard InChI is InChI=1S/C15H23NO2S/c1-11(10-19(3)17)16-14-6-4-12-5-7-15(18-2)9-13(12)8-14/h5,7,9,11,14,16H,4,6,8,10H2,1-3H3. The second-order valence-electron chi connectivity index (χ2n) is 5.38. The lowest BCUT2D eigenvalue weighted by Crippen LogP contribution is -2.42. The zero-order valence-corrected chi connectivity index (χ0v) is 12.8. The third-order valence-electron chi connectivity index (χ3n) is 3.65. The molecular weight excluding hydrogens is 258 g/mol. The zero-order chi connectivity index (χ0) is 13.8. The van der Waals surface area contributed by atoms with Crippen molar-refractivity contribution in [1.29, 1.82) is 0 Å². The van der Waals surface area contributed by atoms with E-state index >= 15 is 0 Å². The number of aryl methyl sites for hydroxylation is 1. The van der Waals surface area contributed by atoms with Crippen molar-refractivity contribution in [1.82, 2.24) is 5.32 Å². The summed E-state index contributed by atoms with van der Waals surface area (Å²) in [4.78, 5) is 0. The largest absolute Gasteiger partial charge is 0.497 e. The van der Waals surface area contributed by atoms with Crippen LogP contribution in [0.2, 0.25) is 0 Å².